The zero-order valence-corrected chi connectivity index (χ0v) is 15.1. The van der Waals surface area contributed by atoms with Gasteiger partial charge in [0.05, 0.1) is 11.6 Å². The van der Waals surface area contributed by atoms with E-state index in [0.717, 1.165) is 16.7 Å². The molecule has 138 valence electrons. The first-order valence-corrected chi connectivity index (χ1v) is 8.95. The lowest BCUT2D eigenvalue weighted by atomic mass is 10.1. The molecule has 0 saturated carbocycles. The largest absolute Gasteiger partial charge is 0.507 e. The maximum absolute atomic E-state index is 13.2. The Morgan fingerprint density at radius 2 is 1.68 bits per heavy atom. The molecule has 0 spiro atoms. The van der Waals surface area contributed by atoms with Gasteiger partial charge in [0.1, 0.15) is 23.7 Å². The molecule has 0 aromatic heterocycles. The number of rotatable bonds is 4. The number of phenolic OH excluding ortho intramolecular Hbond substituents is 1. The summed E-state index contributed by atoms with van der Waals surface area (Å²) in [7, 11) is 0. The zero-order valence-electron chi connectivity index (χ0n) is 15.1. The first-order chi connectivity index (χ1) is 13.7. The van der Waals surface area contributed by atoms with E-state index in [1.165, 1.54) is 12.1 Å². The zero-order chi connectivity index (χ0) is 19.5. The van der Waals surface area contributed by atoms with Gasteiger partial charge in [0, 0.05) is 13.1 Å². The Morgan fingerprint density at radius 3 is 2.32 bits per heavy atom. The second-order valence-electron chi connectivity index (χ2n) is 6.68. The number of benzene rings is 3. The summed E-state index contributed by atoms with van der Waals surface area (Å²) in [6.07, 6.45) is 0. The van der Waals surface area contributed by atoms with Gasteiger partial charge >= 0.3 is 0 Å². The summed E-state index contributed by atoms with van der Waals surface area (Å²) in [4.78, 5) is 14.8. The van der Waals surface area contributed by atoms with Crippen LogP contribution in [0.15, 0.2) is 66.7 Å². The molecule has 3 aromatic rings. The van der Waals surface area contributed by atoms with Crippen LogP contribution in [0, 0.1) is 11.3 Å². The number of fused-ring (bicyclic) bond motifs is 1. The Hall–Kier alpha value is -3.78. The van der Waals surface area contributed by atoms with Gasteiger partial charge in [-0.1, -0.05) is 54.6 Å². The molecule has 0 saturated heterocycles. The number of phenols is 1. The highest BCUT2D eigenvalue weighted by Crippen LogP contribution is 2.34. The first-order valence-electron chi connectivity index (χ1n) is 8.95. The monoisotopic (exact) mass is 370 g/mol. The topological polar surface area (TPSA) is 73.6 Å². The highest BCUT2D eigenvalue weighted by molar-refractivity contribution is 6.00. The molecule has 1 amide bonds. The minimum Gasteiger partial charge on any atom is -0.507 e. The Bertz CT molecular complexity index is 1050. The van der Waals surface area contributed by atoms with Crippen LogP contribution in [-0.2, 0) is 19.7 Å². The van der Waals surface area contributed by atoms with E-state index in [4.69, 9.17) is 4.74 Å². The van der Waals surface area contributed by atoms with Gasteiger partial charge in [-0.2, -0.15) is 5.26 Å². The third-order valence-electron chi connectivity index (χ3n) is 4.79. The summed E-state index contributed by atoms with van der Waals surface area (Å²) in [5.41, 5.74) is 3.44. The number of carbonyl (C=O) groups is 1. The smallest absolute Gasteiger partial charge is 0.262 e. The molecule has 28 heavy (non-hydrogen) atoms. The standard InChI is InChI=1S/C23H18N2O3/c24-12-17-10-20(26)22(21(11-17)28-15-16-6-2-1-3-7-16)23(27)25-13-18-8-4-5-9-19(18)14-25/h1-11,26H,13-15H2. The predicted octanol–water partition coefficient (Wildman–Crippen LogP) is 4.00. The number of carbonyl (C=O) groups excluding carboxylic acids is 1. The quantitative estimate of drug-likeness (QED) is 0.753. The van der Waals surface area contributed by atoms with Crippen molar-refractivity contribution in [2.24, 2.45) is 0 Å². The Kier molecular flexibility index (Phi) is 4.69. The number of hydrogen-bond acceptors (Lipinski definition) is 4. The molecule has 4 rings (SSSR count). The van der Waals surface area contributed by atoms with Gasteiger partial charge in [0.2, 0.25) is 0 Å². The van der Waals surface area contributed by atoms with Gasteiger partial charge < -0.3 is 14.7 Å². The van der Waals surface area contributed by atoms with Crippen LogP contribution in [0.3, 0.4) is 0 Å². The number of nitrogens with zero attached hydrogens (tertiary/aromatic N) is 2. The molecule has 1 N–H and O–H groups in total. The minimum atomic E-state index is -0.318. The Morgan fingerprint density at radius 1 is 1.04 bits per heavy atom. The van der Waals surface area contributed by atoms with Gasteiger partial charge in [-0.05, 0) is 28.8 Å². The van der Waals surface area contributed by atoms with Crippen LogP contribution in [0.4, 0.5) is 0 Å². The third kappa shape index (κ3) is 3.40. The second-order valence-corrected chi connectivity index (χ2v) is 6.68. The molecule has 0 bridgehead atoms. The van der Waals surface area contributed by atoms with Gasteiger partial charge in [-0.3, -0.25) is 4.79 Å². The van der Waals surface area contributed by atoms with E-state index in [-0.39, 0.29) is 35.1 Å². The number of ether oxygens (including phenoxy) is 1. The van der Waals surface area contributed by atoms with Gasteiger partial charge in [-0.15, -0.1) is 0 Å². The van der Waals surface area contributed by atoms with Crippen molar-refractivity contribution in [3.8, 4) is 17.6 Å². The van der Waals surface area contributed by atoms with Crippen molar-refractivity contribution in [3.05, 3.63) is 94.5 Å². The van der Waals surface area contributed by atoms with Crippen LogP contribution >= 0.6 is 0 Å². The molecule has 3 aromatic carbocycles. The van der Waals surface area contributed by atoms with Crippen LogP contribution in [0.2, 0.25) is 0 Å². The Balaban J connectivity index is 1.64. The SMILES string of the molecule is N#Cc1cc(O)c(C(=O)N2Cc3ccccc3C2)c(OCc2ccccc2)c1. The van der Waals surface area contributed by atoms with Crippen molar-refractivity contribution in [1.29, 1.82) is 5.26 Å². The number of hydrogen-bond donors (Lipinski definition) is 1. The Labute approximate surface area is 163 Å². The molecule has 1 heterocycles. The summed E-state index contributed by atoms with van der Waals surface area (Å²) in [5, 5.41) is 19.7. The van der Waals surface area contributed by atoms with Crippen molar-refractivity contribution in [2.75, 3.05) is 0 Å². The summed E-state index contributed by atoms with van der Waals surface area (Å²) in [6, 6.07) is 22.2. The minimum absolute atomic E-state index is 0.0859. The van der Waals surface area contributed by atoms with Crippen molar-refractivity contribution in [1.82, 2.24) is 4.90 Å². The van der Waals surface area contributed by atoms with Crippen molar-refractivity contribution >= 4 is 5.91 Å². The van der Waals surface area contributed by atoms with Gasteiger partial charge in [-0.25, -0.2) is 0 Å². The predicted molar refractivity (Wildman–Crippen MR) is 104 cm³/mol. The molecular weight excluding hydrogens is 352 g/mol. The molecule has 1 aliphatic heterocycles. The fourth-order valence-electron chi connectivity index (χ4n) is 3.36. The summed E-state index contributed by atoms with van der Waals surface area (Å²) >= 11 is 0. The van der Waals surface area contributed by atoms with Gasteiger partial charge in [0.15, 0.2) is 0 Å². The van der Waals surface area contributed by atoms with E-state index in [1.54, 1.807) is 4.90 Å². The maximum Gasteiger partial charge on any atom is 0.262 e. The van der Waals surface area contributed by atoms with E-state index in [2.05, 4.69) is 0 Å². The fourth-order valence-corrected chi connectivity index (χ4v) is 3.36. The summed E-state index contributed by atoms with van der Waals surface area (Å²) < 4.78 is 5.85. The van der Waals surface area contributed by atoms with Crippen molar-refractivity contribution in [2.45, 2.75) is 19.7 Å². The van der Waals surface area contributed by atoms with E-state index in [0.29, 0.717) is 13.1 Å². The number of nitriles is 1. The first kappa shape index (κ1) is 17.6. The average molecular weight is 370 g/mol. The van der Waals surface area contributed by atoms with Crippen molar-refractivity contribution < 1.29 is 14.6 Å². The maximum atomic E-state index is 13.2. The lowest BCUT2D eigenvalue weighted by Crippen LogP contribution is -2.26. The van der Waals surface area contributed by atoms with Crippen LogP contribution in [0.25, 0.3) is 0 Å². The van der Waals surface area contributed by atoms with E-state index < -0.39 is 0 Å². The average Bonchev–Trinajstić information content (AvgIpc) is 3.16. The molecule has 5 heteroatoms. The lowest BCUT2D eigenvalue weighted by Gasteiger charge is -2.19. The van der Waals surface area contributed by atoms with E-state index in [9.17, 15) is 15.2 Å². The number of amides is 1. The summed E-state index contributed by atoms with van der Waals surface area (Å²) in [5.74, 6) is -0.356. The second kappa shape index (κ2) is 7.45. The molecule has 0 aliphatic carbocycles. The van der Waals surface area contributed by atoms with Crippen LogP contribution < -0.4 is 4.74 Å². The fraction of sp³-hybridized carbons (Fsp3) is 0.130. The highest BCUT2D eigenvalue weighted by atomic mass is 16.5. The summed E-state index contributed by atoms with van der Waals surface area (Å²) in [6.45, 7) is 1.19. The molecule has 0 fully saturated rings. The van der Waals surface area contributed by atoms with Gasteiger partial charge in [0.25, 0.3) is 5.91 Å². The van der Waals surface area contributed by atoms with E-state index in [1.807, 2.05) is 60.7 Å². The van der Waals surface area contributed by atoms with Crippen molar-refractivity contribution in [3.63, 3.8) is 0 Å². The van der Waals surface area contributed by atoms with Crippen LogP contribution in [-0.4, -0.2) is 15.9 Å². The molecule has 0 unspecified atom stereocenters. The normalized spacial score (nSPS) is 12.3. The number of aromatic hydroxyl groups is 1. The van der Waals surface area contributed by atoms with E-state index >= 15 is 0 Å². The van der Waals surface area contributed by atoms with Crippen LogP contribution in [0.1, 0.15) is 32.6 Å². The highest BCUT2D eigenvalue weighted by Gasteiger charge is 2.29. The lowest BCUT2D eigenvalue weighted by molar-refractivity contribution is 0.0743. The molecule has 1 aliphatic rings. The third-order valence-corrected chi connectivity index (χ3v) is 4.79. The molecule has 5 nitrogen and oxygen atoms in total. The van der Waals surface area contributed by atoms with Crippen LogP contribution in [0.5, 0.6) is 11.5 Å². The molecule has 0 atom stereocenters. The molecule has 0 radical (unpaired) electrons. The molecular formula is C23H18N2O3.